The van der Waals surface area contributed by atoms with Gasteiger partial charge in [0.05, 0.1) is 0 Å². The predicted molar refractivity (Wildman–Crippen MR) is 69.7 cm³/mol. The number of aromatic nitrogens is 2. The number of nitrogens with zero attached hydrogens (tertiary/aromatic N) is 2. The summed E-state index contributed by atoms with van der Waals surface area (Å²) in [5.41, 5.74) is 6.27. The number of hydrogen-bond donors (Lipinski definition) is 1. The average Bonchev–Trinajstić information content (AvgIpc) is 2.20. The number of nitrogen functional groups attached to an aromatic ring is 1. The Morgan fingerprint density at radius 1 is 1.25 bits per heavy atom. The highest BCUT2D eigenvalue weighted by atomic mass is 79.9. The zero-order valence-electron chi connectivity index (χ0n) is 8.02. The zero-order valence-corrected chi connectivity index (χ0v) is 11.2. The number of hydrogen-bond acceptors (Lipinski definition) is 4. The lowest BCUT2D eigenvalue weighted by molar-refractivity contribution is 1.09. The number of rotatable bonds is 2. The Balaban J connectivity index is 2.23. The fraction of sp³-hybridized carbons (Fsp3) is 0. The molecular formula is C10H7BrClN3S. The average molecular weight is 317 g/mol. The van der Waals surface area contributed by atoms with Crippen LogP contribution in [0.1, 0.15) is 0 Å². The van der Waals surface area contributed by atoms with E-state index >= 15 is 0 Å². The van der Waals surface area contributed by atoms with E-state index in [1.54, 1.807) is 18.3 Å². The molecule has 2 N–H and O–H groups in total. The quantitative estimate of drug-likeness (QED) is 0.860. The van der Waals surface area contributed by atoms with Gasteiger partial charge < -0.3 is 5.73 Å². The number of pyridine rings is 2. The summed E-state index contributed by atoms with van der Waals surface area (Å²) in [6.07, 6.45) is 1.73. The molecule has 16 heavy (non-hydrogen) atoms. The van der Waals surface area contributed by atoms with Crippen molar-refractivity contribution in [1.82, 2.24) is 9.97 Å². The molecule has 0 fully saturated rings. The normalized spacial score (nSPS) is 10.4. The van der Waals surface area contributed by atoms with Crippen LogP contribution in [0.5, 0.6) is 0 Å². The second-order valence-electron chi connectivity index (χ2n) is 2.98. The van der Waals surface area contributed by atoms with Crippen molar-refractivity contribution in [2.75, 3.05) is 5.73 Å². The molecule has 2 aromatic rings. The van der Waals surface area contributed by atoms with Gasteiger partial charge in [0.2, 0.25) is 0 Å². The summed E-state index contributed by atoms with van der Waals surface area (Å²) in [5.74, 6) is 0. The van der Waals surface area contributed by atoms with Gasteiger partial charge in [0.1, 0.15) is 15.2 Å². The molecule has 0 aliphatic heterocycles. The monoisotopic (exact) mass is 315 g/mol. The van der Waals surface area contributed by atoms with Crippen LogP contribution in [-0.2, 0) is 0 Å². The molecular weight excluding hydrogens is 310 g/mol. The molecule has 0 amide bonds. The summed E-state index contributed by atoms with van der Waals surface area (Å²) in [4.78, 5) is 8.37. The molecule has 0 bridgehead atoms. The van der Waals surface area contributed by atoms with Gasteiger partial charge in [0.15, 0.2) is 0 Å². The number of halogens is 2. The van der Waals surface area contributed by atoms with Crippen LogP contribution < -0.4 is 5.73 Å². The van der Waals surface area contributed by atoms with E-state index in [1.165, 1.54) is 11.8 Å². The molecule has 3 nitrogen and oxygen atoms in total. The maximum absolute atomic E-state index is 5.81. The van der Waals surface area contributed by atoms with Crippen LogP contribution in [0, 0.1) is 0 Å². The van der Waals surface area contributed by atoms with Crippen molar-refractivity contribution in [1.29, 1.82) is 0 Å². The second-order valence-corrected chi connectivity index (χ2v) is 5.32. The minimum absolute atomic E-state index is 0.389. The standard InChI is InChI=1S/C10H7BrClN3S/c11-6-1-2-9(14-5-6)16-10-4-7(13)3-8(12)15-10/h1-5H,(H2,13,15). The molecule has 0 aliphatic carbocycles. The zero-order chi connectivity index (χ0) is 11.5. The van der Waals surface area contributed by atoms with Crippen molar-refractivity contribution in [3.8, 4) is 0 Å². The smallest absolute Gasteiger partial charge is 0.132 e. The number of anilines is 1. The highest BCUT2D eigenvalue weighted by Crippen LogP contribution is 2.27. The van der Waals surface area contributed by atoms with Crippen LogP contribution in [0.2, 0.25) is 5.15 Å². The number of nitrogens with two attached hydrogens (primary N) is 1. The van der Waals surface area contributed by atoms with E-state index in [4.69, 9.17) is 17.3 Å². The largest absolute Gasteiger partial charge is 0.399 e. The summed E-state index contributed by atoms with van der Waals surface area (Å²) in [7, 11) is 0. The van der Waals surface area contributed by atoms with Crippen molar-refractivity contribution in [2.45, 2.75) is 10.1 Å². The molecule has 0 spiro atoms. The van der Waals surface area contributed by atoms with E-state index in [-0.39, 0.29) is 0 Å². The molecule has 2 aromatic heterocycles. The molecule has 2 heterocycles. The Morgan fingerprint density at radius 2 is 2.06 bits per heavy atom. The molecule has 82 valence electrons. The van der Waals surface area contributed by atoms with Crippen LogP contribution in [0.4, 0.5) is 5.69 Å². The first-order chi connectivity index (χ1) is 7.63. The van der Waals surface area contributed by atoms with Gasteiger partial charge in [-0.15, -0.1) is 0 Å². The van der Waals surface area contributed by atoms with Gasteiger partial charge in [0, 0.05) is 16.4 Å². The third-order valence-corrected chi connectivity index (χ3v) is 3.23. The lowest BCUT2D eigenvalue weighted by Crippen LogP contribution is -1.89. The molecule has 6 heteroatoms. The van der Waals surface area contributed by atoms with Gasteiger partial charge in [-0.3, -0.25) is 0 Å². The fourth-order valence-electron chi connectivity index (χ4n) is 1.07. The van der Waals surface area contributed by atoms with Crippen molar-refractivity contribution >= 4 is 45.0 Å². The van der Waals surface area contributed by atoms with E-state index < -0.39 is 0 Å². The fourth-order valence-corrected chi connectivity index (χ4v) is 2.37. The van der Waals surface area contributed by atoms with Crippen molar-refractivity contribution < 1.29 is 0 Å². The maximum Gasteiger partial charge on any atom is 0.132 e. The summed E-state index contributed by atoms with van der Waals surface area (Å²) in [5, 5.41) is 1.97. The first-order valence-corrected chi connectivity index (χ1v) is 6.35. The molecule has 0 aromatic carbocycles. The minimum Gasteiger partial charge on any atom is -0.399 e. The lowest BCUT2D eigenvalue weighted by atomic mass is 10.4. The molecule has 0 saturated heterocycles. The second kappa shape index (κ2) is 5.03. The predicted octanol–water partition coefficient (Wildman–Crippen LogP) is 3.63. The van der Waals surface area contributed by atoms with Crippen LogP contribution in [-0.4, -0.2) is 9.97 Å². The molecule has 0 radical (unpaired) electrons. The van der Waals surface area contributed by atoms with E-state index in [2.05, 4.69) is 25.9 Å². The third kappa shape index (κ3) is 3.10. The van der Waals surface area contributed by atoms with Crippen LogP contribution >= 0.6 is 39.3 Å². The van der Waals surface area contributed by atoms with Gasteiger partial charge in [-0.2, -0.15) is 0 Å². The maximum atomic E-state index is 5.81. The Bertz CT molecular complexity index is 484. The Kier molecular flexibility index (Phi) is 3.68. The van der Waals surface area contributed by atoms with Gasteiger partial charge in [-0.1, -0.05) is 11.6 Å². The van der Waals surface area contributed by atoms with E-state index in [9.17, 15) is 0 Å². The first-order valence-electron chi connectivity index (χ1n) is 4.36. The highest BCUT2D eigenvalue weighted by molar-refractivity contribution is 9.10. The third-order valence-electron chi connectivity index (χ3n) is 1.70. The van der Waals surface area contributed by atoms with E-state index in [1.807, 2.05) is 12.1 Å². The summed E-state index contributed by atoms with van der Waals surface area (Å²) in [6, 6.07) is 7.19. The summed E-state index contributed by atoms with van der Waals surface area (Å²) >= 11 is 10.6. The Morgan fingerprint density at radius 3 is 2.69 bits per heavy atom. The SMILES string of the molecule is Nc1cc(Cl)nc(Sc2ccc(Br)cn2)c1. The van der Waals surface area contributed by atoms with Crippen molar-refractivity contribution in [3.05, 3.63) is 40.1 Å². The van der Waals surface area contributed by atoms with Gasteiger partial charge in [0.25, 0.3) is 0 Å². The van der Waals surface area contributed by atoms with Crippen LogP contribution in [0.25, 0.3) is 0 Å². The van der Waals surface area contributed by atoms with Gasteiger partial charge >= 0.3 is 0 Å². The summed E-state index contributed by atoms with van der Waals surface area (Å²) < 4.78 is 0.940. The molecule has 0 atom stereocenters. The topological polar surface area (TPSA) is 51.8 Å². The van der Waals surface area contributed by atoms with E-state index in [0.29, 0.717) is 10.8 Å². The Hall–Kier alpha value is -0.780. The molecule has 0 saturated carbocycles. The Labute approximate surface area is 111 Å². The first kappa shape index (κ1) is 11.7. The minimum atomic E-state index is 0.389. The summed E-state index contributed by atoms with van der Waals surface area (Å²) in [6.45, 7) is 0. The molecule has 0 aliphatic rings. The van der Waals surface area contributed by atoms with Gasteiger partial charge in [-0.05, 0) is 52.0 Å². The van der Waals surface area contributed by atoms with Crippen molar-refractivity contribution in [3.63, 3.8) is 0 Å². The van der Waals surface area contributed by atoms with Gasteiger partial charge in [-0.25, -0.2) is 9.97 Å². The van der Waals surface area contributed by atoms with Crippen LogP contribution in [0.15, 0.2) is 45.0 Å². The molecule has 2 rings (SSSR count). The highest BCUT2D eigenvalue weighted by Gasteiger charge is 2.03. The lowest BCUT2D eigenvalue weighted by Gasteiger charge is -2.02. The molecule has 0 unspecified atom stereocenters. The van der Waals surface area contributed by atoms with E-state index in [0.717, 1.165) is 14.5 Å². The van der Waals surface area contributed by atoms with Crippen LogP contribution in [0.3, 0.4) is 0 Å². The van der Waals surface area contributed by atoms with Crippen molar-refractivity contribution in [2.24, 2.45) is 0 Å².